The van der Waals surface area contributed by atoms with E-state index in [0.717, 1.165) is 6.07 Å². The SMILES string of the molecule is COC(=O)C(Br)COc1cc(C)c([N+](=O)[O-])cc1F. The zero-order valence-corrected chi connectivity index (χ0v) is 11.8. The molecule has 1 atom stereocenters. The summed E-state index contributed by atoms with van der Waals surface area (Å²) in [7, 11) is 1.22. The number of halogens is 2. The molecule has 0 spiro atoms. The number of esters is 1. The number of nitrogens with zero attached hydrogens (tertiary/aromatic N) is 1. The Morgan fingerprint density at radius 1 is 1.58 bits per heavy atom. The van der Waals surface area contributed by atoms with Crippen LogP contribution in [-0.2, 0) is 9.53 Å². The maximum absolute atomic E-state index is 13.6. The highest BCUT2D eigenvalue weighted by molar-refractivity contribution is 9.10. The number of hydrogen-bond donors (Lipinski definition) is 0. The van der Waals surface area contributed by atoms with Gasteiger partial charge in [0.25, 0.3) is 5.69 Å². The number of methoxy groups -OCH3 is 1. The average molecular weight is 336 g/mol. The molecule has 0 amide bonds. The zero-order chi connectivity index (χ0) is 14.6. The molecule has 0 aromatic heterocycles. The first-order valence-electron chi connectivity index (χ1n) is 5.16. The Morgan fingerprint density at radius 2 is 2.21 bits per heavy atom. The summed E-state index contributed by atoms with van der Waals surface area (Å²) in [4.78, 5) is 20.3. The summed E-state index contributed by atoms with van der Waals surface area (Å²) in [6.07, 6.45) is 0. The first-order valence-corrected chi connectivity index (χ1v) is 6.07. The van der Waals surface area contributed by atoms with Crippen LogP contribution in [0.15, 0.2) is 12.1 Å². The molecular formula is C11H11BrFNO5. The van der Waals surface area contributed by atoms with E-state index in [0.29, 0.717) is 0 Å². The van der Waals surface area contributed by atoms with Gasteiger partial charge in [0.05, 0.1) is 18.1 Å². The highest BCUT2D eigenvalue weighted by Crippen LogP contribution is 2.27. The monoisotopic (exact) mass is 335 g/mol. The van der Waals surface area contributed by atoms with Crippen LogP contribution in [0.4, 0.5) is 10.1 Å². The number of ether oxygens (including phenoxy) is 2. The number of benzene rings is 1. The normalized spacial score (nSPS) is 11.8. The number of aryl methyl sites for hydroxylation is 1. The molecule has 104 valence electrons. The molecule has 0 aliphatic rings. The van der Waals surface area contributed by atoms with Crippen molar-refractivity contribution in [3.8, 4) is 5.75 Å². The van der Waals surface area contributed by atoms with Crippen molar-refractivity contribution in [2.75, 3.05) is 13.7 Å². The summed E-state index contributed by atoms with van der Waals surface area (Å²) in [5.74, 6) is -1.57. The molecule has 0 saturated carbocycles. The van der Waals surface area contributed by atoms with Crippen LogP contribution in [0.2, 0.25) is 0 Å². The van der Waals surface area contributed by atoms with E-state index < -0.39 is 21.5 Å². The first kappa shape index (κ1) is 15.4. The molecule has 0 heterocycles. The van der Waals surface area contributed by atoms with Crippen molar-refractivity contribution in [3.05, 3.63) is 33.6 Å². The van der Waals surface area contributed by atoms with Gasteiger partial charge in [-0.2, -0.15) is 0 Å². The lowest BCUT2D eigenvalue weighted by atomic mass is 10.2. The molecule has 0 aliphatic heterocycles. The number of rotatable bonds is 5. The van der Waals surface area contributed by atoms with Crippen LogP contribution < -0.4 is 4.74 Å². The Bertz CT molecular complexity index is 508. The number of carbonyl (C=O) groups excluding carboxylic acids is 1. The van der Waals surface area contributed by atoms with Crippen molar-refractivity contribution in [2.45, 2.75) is 11.8 Å². The fourth-order valence-corrected chi connectivity index (χ4v) is 1.63. The quantitative estimate of drug-likeness (QED) is 0.357. The van der Waals surface area contributed by atoms with E-state index in [1.54, 1.807) is 0 Å². The van der Waals surface area contributed by atoms with Gasteiger partial charge in [-0.15, -0.1) is 0 Å². The Labute approximate surface area is 116 Å². The second-order valence-electron chi connectivity index (χ2n) is 3.63. The topological polar surface area (TPSA) is 78.7 Å². The van der Waals surface area contributed by atoms with Crippen molar-refractivity contribution in [3.63, 3.8) is 0 Å². The molecule has 0 saturated heterocycles. The van der Waals surface area contributed by atoms with Gasteiger partial charge in [0.15, 0.2) is 11.6 Å². The molecule has 1 rings (SSSR count). The van der Waals surface area contributed by atoms with E-state index in [-0.39, 0.29) is 23.6 Å². The number of nitro benzene ring substituents is 1. The lowest BCUT2D eigenvalue weighted by molar-refractivity contribution is -0.385. The fourth-order valence-electron chi connectivity index (χ4n) is 1.31. The van der Waals surface area contributed by atoms with E-state index in [4.69, 9.17) is 4.74 Å². The molecule has 19 heavy (non-hydrogen) atoms. The Balaban J connectivity index is 2.83. The van der Waals surface area contributed by atoms with E-state index >= 15 is 0 Å². The molecule has 1 aromatic rings. The first-order chi connectivity index (χ1) is 8.86. The standard InChI is InChI=1S/C11H11BrFNO5/c1-6-3-10(8(13)4-9(6)14(16)17)19-5-7(12)11(15)18-2/h3-4,7H,5H2,1-2H3. The largest absolute Gasteiger partial charge is 0.489 e. The van der Waals surface area contributed by atoms with Gasteiger partial charge in [-0.05, 0) is 13.0 Å². The summed E-state index contributed by atoms with van der Waals surface area (Å²) >= 11 is 3.01. The average Bonchev–Trinajstić information content (AvgIpc) is 2.37. The smallest absolute Gasteiger partial charge is 0.322 e. The van der Waals surface area contributed by atoms with E-state index in [9.17, 15) is 19.3 Å². The number of alkyl halides is 1. The summed E-state index contributed by atoms with van der Waals surface area (Å²) in [5, 5.41) is 10.6. The minimum Gasteiger partial charge on any atom is -0.489 e. The molecule has 0 radical (unpaired) electrons. The van der Waals surface area contributed by atoms with Crippen molar-refractivity contribution >= 4 is 27.6 Å². The van der Waals surface area contributed by atoms with Crippen LogP contribution in [0.25, 0.3) is 0 Å². The number of carbonyl (C=O) groups is 1. The lowest BCUT2D eigenvalue weighted by Crippen LogP contribution is -2.23. The highest BCUT2D eigenvalue weighted by Gasteiger charge is 2.19. The second-order valence-corrected chi connectivity index (χ2v) is 4.73. The van der Waals surface area contributed by atoms with Gasteiger partial charge in [0, 0.05) is 5.56 Å². The van der Waals surface area contributed by atoms with E-state index in [1.807, 2.05) is 0 Å². The van der Waals surface area contributed by atoms with Crippen LogP contribution in [0.3, 0.4) is 0 Å². The van der Waals surface area contributed by atoms with Gasteiger partial charge >= 0.3 is 5.97 Å². The summed E-state index contributed by atoms with van der Waals surface area (Å²) < 4.78 is 23.1. The minimum absolute atomic E-state index is 0.152. The maximum atomic E-state index is 13.6. The van der Waals surface area contributed by atoms with Crippen LogP contribution in [0.5, 0.6) is 5.75 Å². The fraction of sp³-hybridized carbons (Fsp3) is 0.364. The van der Waals surface area contributed by atoms with Crippen LogP contribution in [0.1, 0.15) is 5.56 Å². The molecular weight excluding hydrogens is 325 g/mol. The van der Waals surface area contributed by atoms with Gasteiger partial charge in [-0.1, -0.05) is 15.9 Å². The molecule has 0 N–H and O–H groups in total. The van der Waals surface area contributed by atoms with E-state index in [2.05, 4.69) is 20.7 Å². The number of nitro groups is 1. The molecule has 1 unspecified atom stereocenters. The van der Waals surface area contributed by atoms with Crippen molar-refractivity contribution < 1.29 is 23.6 Å². The van der Waals surface area contributed by atoms with E-state index in [1.165, 1.54) is 20.1 Å². The molecule has 0 aliphatic carbocycles. The van der Waals surface area contributed by atoms with Crippen molar-refractivity contribution in [1.29, 1.82) is 0 Å². The molecule has 6 nitrogen and oxygen atoms in total. The zero-order valence-electron chi connectivity index (χ0n) is 10.2. The Morgan fingerprint density at radius 3 is 2.74 bits per heavy atom. The molecule has 0 bridgehead atoms. The summed E-state index contributed by atoms with van der Waals surface area (Å²) in [5.41, 5.74) is -0.0567. The van der Waals surface area contributed by atoms with Gasteiger partial charge in [-0.3, -0.25) is 14.9 Å². The molecule has 0 fully saturated rings. The third-order valence-corrected chi connectivity index (χ3v) is 2.93. The molecule has 8 heteroatoms. The van der Waals surface area contributed by atoms with Crippen LogP contribution >= 0.6 is 15.9 Å². The second kappa shape index (κ2) is 6.46. The minimum atomic E-state index is -0.859. The third kappa shape index (κ3) is 3.88. The number of hydrogen-bond acceptors (Lipinski definition) is 5. The van der Waals surface area contributed by atoms with Gasteiger partial charge in [0.1, 0.15) is 11.4 Å². The Hall–Kier alpha value is -1.70. The van der Waals surface area contributed by atoms with Crippen LogP contribution in [-0.4, -0.2) is 29.4 Å². The molecule has 1 aromatic carbocycles. The predicted octanol–water partition coefficient (Wildman–Crippen LogP) is 2.36. The Kier molecular flexibility index (Phi) is 5.22. The van der Waals surface area contributed by atoms with Gasteiger partial charge in [-0.25, -0.2) is 4.39 Å². The van der Waals surface area contributed by atoms with Crippen LogP contribution in [0, 0.1) is 22.9 Å². The summed E-state index contributed by atoms with van der Waals surface area (Å²) in [6, 6.07) is 2.00. The predicted molar refractivity (Wildman–Crippen MR) is 68.0 cm³/mol. The third-order valence-electron chi connectivity index (χ3n) is 2.29. The lowest BCUT2D eigenvalue weighted by Gasteiger charge is -2.11. The highest BCUT2D eigenvalue weighted by atomic mass is 79.9. The maximum Gasteiger partial charge on any atom is 0.322 e. The van der Waals surface area contributed by atoms with Crippen molar-refractivity contribution in [2.24, 2.45) is 0 Å². The van der Waals surface area contributed by atoms with Crippen molar-refractivity contribution in [1.82, 2.24) is 0 Å². The van der Waals surface area contributed by atoms with Gasteiger partial charge < -0.3 is 9.47 Å². The summed E-state index contributed by atoms with van der Waals surface area (Å²) in [6.45, 7) is 1.32. The van der Waals surface area contributed by atoms with Gasteiger partial charge in [0.2, 0.25) is 0 Å².